The number of rotatable bonds is 6. The molecule has 4 rings (SSSR count). The number of nitrogens with one attached hydrogen (secondary N) is 1. The van der Waals surface area contributed by atoms with Crippen LogP contribution in [0.2, 0.25) is 0 Å². The Morgan fingerprint density at radius 2 is 2.06 bits per heavy atom. The van der Waals surface area contributed by atoms with Crippen LogP contribution in [0.5, 0.6) is 0 Å². The number of carbonyl (C=O) groups excluding carboxylic acids is 1. The van der Waals surface area contributed by atoms with Crippen molar-refractivity contribution in [2.45, 2.75) is 44.9 Å². The van der Waals surface area contributed by atoms with Gasteiger partial charge in [-0.2, -0.15) is 5.26 Å². The minimum absolute atomic E-state index is 0.0502. The Hall–Kier alpha value is -3.84. The third-order valence-electron chi connectivity index (χ3n) is 5.59. The average molecular weight is 464 g/mol. The highest BCUT2D eigenvalue weighted by atomic mass is 32.1. The molecule has 168 valence electrons. The monoisotopic (exact) mass is 463 g/mol. The number of nitro groups is 1. The molecule has 1 aliphatic carbocycles. The number of amides is 1. The molecule has 1 amide bonds. The molecule has 9 nitrogen and oxygen atoms in total. The molecule has 3 aromatic rings. The van der Waals surface area contributed by atoms with Crippen LogP contribution in [0.25, 0.3) is 17.4 Å². The lowest BCUT2D eigenvalue weighted by molar-refractivity contribution is -0.384. The first-order valence-corrected chi connectivity index (χ1v) is 11.4. The summed E-state index contributed by atoms with van der Waals surface area (Å²) >= 11 is 1.34. The third kappa shape index (κ3) is 5.15. The van der Waals surface area contributed by atoms with Gasteiger partial charge in [-0.1, -0.05) is 36.7 Å². The number of furan rings is 1. The molecule has 0 saturated heterocycles. The van der Waals surface area contributed by atoms with Crippen LogP contribution >= 0.6 is 11.3 Å². The van der Waals surface area contributed by atoms with Crippen LogP contribution < -0.4 is 5.32 Å². The second kappa shape index (κ2) is 9.75. The van der Waals surface area contributed by atoms with Crippen LogP contribution in [-0.2, 0) is 4.79 Å². The molecule has 1 N–H and O–H groups in total. The molecule has 1 saturated carbocycles. The first-order chi connectivity index (χ1) is 15.9. The number of nitro benzene ring substituents is 1. The first kappa shape index (κ1) is 22.4. The first-order valence-electron chi connectivity index (χ1n) is 10.6. The van der Waals surface area contributed by atoms with E-state index in [0.717, 1.165) is 23.4 Å². The van der Waals surface area contributed by atoms with Crippen LogP contribution in [0.1, 0.15) is 54.4 Å². The summed E-state index contributed by atoms with van der Waals surface area (Å²) in [5.41, 5.74) is 1.16. The van der Waals surface area contributed by atoms with Gasteiger partial charge < -0.3 is 4.42 Å². The van der Waals surface area contributed by atoms with Crippen LogP contribution in [0.3, 0.4) is 0 Å². The lowest BCUT2D eigenvalue weighted by Crippen LogP contribution is -2.13. The largest absolute Gasteiger partial charge is 0.457 e. The smallest absolute Gasteiger partial charge is 0.270 e. The van der Waals surface area contributed by atoms with E-state index in [0.29, 0.717) is 22.4 Å². The fourth-order valence-corrected chi connectivity index (χ4v) is 4.73. The van der Waals surface area contributed by atoms with Crippen molar-refractivity contribution in [1.29, 1.82) is 5.26 Å². The number of nitriles is 1. The number of aromatic nitrogens is 2. The third-order valence-corrected chi connectivity index (χ3v) is 6.59. The zero-order valence-electron chi connectivity index (χ0n) is 17.9. The molecule has 0 radical (unpaired) electrons. The Kier molecular flexibility index (Phi) is 6.60. The number of hydrogen-bond donors (Lipinski definition) is 1. The van der Waals surface area contributed by atoms with Gasteiger partial charge in [0.05, 0.1) is 4.92 Å². The van der Waals surface area contributed by atoms with Gasteiger partial charge in [-0.15, -0.1) is 10.2 Å². The molecule has 0 bridgehead atoms. The topological polar surface area (TPSA) is 135 Å². The molecule has 1 aromatic carbocycles. The van der Waals surface area contributed by atoms with Gasteiger partial charge in [0.1, 0.15) is 28.2 Å². The molecular formula is C23H21N5O4S. The van der Waals surface area contributed by atoms with Crippen molar-refractivity contribution in [3.63, 3.8) is 0 Å². The van der Waals surface area contributed by atoms with Gasteiger partial charge >= 0.3 is 0 Å². The van der Waals surface area contributed by atoms with Crippen molar-refractivity contribution in [2.75, 3.05) is 5.32 Å². The van der Waals surface area contributed by atoms with E-state index in [1.807, 2.05) is 13.0 Å². The maximum absolute atomic E-state index is 12.6. The Morgan fingerprint density at radius 1 is 1.27 bits per heavy atom. The summed E-state index contributed by atoms with van der Waals surface area (Å²) in [6, 6.07) is 9.62. The van der Waals surface area contributed by atoms with Crippen molar-refractivity contribution in [1.82, 2.24) is 10.2 Å². The fraction of sp³-hybridized carbons (Fsp3) is 0.304. The Bertz CT molecular complexity index is 1260. The van der Waals surface area contributed by atoms with E-state index >= 15 is 0 Å². The zero-order chi connectivity index (χ0) is 23.4. The quantitative estimate of drug-likeness (QED) is 0.217. The molecule has 2 heterocycles. The van der Waals surface area contributed by atoms with Gasteiger partial charge in [-0.3, -0.25) is 20.2 Å². The fourth-order valence-electron chi connectivity index (χ4n) is 3.82. The Balaban J connectivity index is 1.49. The molecule has 0 atom stereocenters. The van der Waals surface area contributed by atoms with Gasteiger partial charge in [0, 0.05) is 29.7 Å². The van der Waals surface area contributed by atoms with Crippen molar-refractivity contribution in [3.05, 3.63) is 62.4 Å². The van der Waals surface area contributed by atoms with E-state index in [9.17, 15) is 20.2 Å². The molecule has 0 spiro atoms. The SMILES string of the molecule is Cc1ccc([N+](=O)[O-])cc1-c1ccc(/C=C(/C#N)C(=O)Nc2nnc(C3CCCCC3)s2)o1. The van der Waals surface area contributed by atoms with Gasteiger partial charge in [0.25, 0.3) is 11.6 Å². The average Bonchev–Trinajstić information content (AvgIpc) is 3.48. The summed E-state index contributed by atoms with van der Waals surface area (Å²) in [7, 11) is 0. The molecule has 10 heteroatoms. The maximum Gasteiger partial charge on any atom is 0.270 e. The zero-order valence-corrected chi connectivity index (χ0v) is 18.7. The lowest BCUT2D eigenvalue weighted by atomic mass is 9.90. The molecule has 2 aromatic heterocycles. The highest BCUT2D eigenvalue weighted by Crippen LogP contribution is 2.35. The van der Waals surface area contributed by atoms with Crippen molar-refractivity contribution < 1.29 is 14.1 Å². The molecule has 1 fully saturated rings. The van der Waals surface area contributed by atoms with E-state index in [1.165, 1.54) is 48.8 Å². The standard InChI is InChI=1S/C23H21N5O4S/c1-14-7-8-17(28(30)31)12-19(14)20-10-9-18(32-20)11-16(13-24)21(29)25-23-27-26-22(33-23)15-5-3-2-4-6-15/h7-12,15H,2-6H2,1H3,(H,25,27,29)/b16-11-. The minimum atomic E-state index is -0.603. The van der Waals surface area contributed by atoms with Crippen molar-refractivity contribution in [3.8, 4) is 17.4 Å². The summed E-state index contributed by atoms with van der Waals surface area (Å²) in [4.78, 5) is 23.2. The molecule has 33 heavy (non-hydrogen) atoms. The van der Waals surface area contributed by atoms with E-state index in [2.05, 4.69) is 15.5 Å². The van der Waals surface area contributed by atoms with Gasteiger partial charge in [0.15, 0.2) is 0 Å². The lowest BCUT2D eigenvalue weighted by Gasteiger charge is -2.18. The second-order valence-electron chi connectivity index (χ2n) is 7.86. The Labute approximate surface area is 193 Å². The summed E-state index contributed by atoms with van der Waals surface area (Å²) in [5.74, 6) is 0.462. The normalized spacial score (nSPS) is 14.6. The number of nitrogens with zero attached hydrogens (tertiary/aromatic N) is 4. The second-order valence-corrected chi connectivity index (χ2v) is 8.87. The predicted octanol–water partition coefficient (Wildman–Crippen LogP) is 5.61. The van der Waals surface area contributed by atoms with E-state index in [1.54, 1.807) is 18.2 Å². The summed E-state index contributed by atoms with van der Waals surface area (Å²) in [6.07, 6.45) is 7.08. The number of hydrogen-bond acceptors (Lipinski definition) is 8. The van der Waals surface area contributed by atoms with E-state index in [4.69, 9.17) is 4.42 Å². The number of non-ortho nitro benzene ring substituents is 1. The predicted molar refractivity (Wildman–Crippen MR) is 123 cm³/mol. The van der Waals surface area contributed by atoms with Gasteiger partial charge in [-0.25, -0.2) is 0 Å². The van der Waals surface area contributed by atoms with Gasteiger partial charge in [-0.05, 0) is 37.5 Å². The van der Waals surface area contributed by atoms with Crippen LogP contribution in [0, 0.1) is 28.4 Å². The van der Waals surface area contributed by atoms with Crippen LogP contribution in [0.15, 0.2) is 40.3 Å². The Morgan fingerprint density at radius 3 is 2.79 bits per heavy atom. The highest BCUT2D eigenvalue weighted by molar-refractivity contribution is 7.15. The van der Waals surface area contributed by atoms with E-state index in [-0.39, 0.29) is 17.0 Å². The highest BCUT2D eigenvalue weighted by Gasteiger charge is 2.21. The number of benzene rings is 1. The van der Waals surface area contributed by atoms with Gasteiger partial charge in [0.2, 0.25) is 5.13 Å². The minimum Gasteiger partial charge on any atom is -0.457 e. The molecule has 0 aliphatic heterocycles. The number of anilines is 1. The molecular weight excluding hydrogens is 442 g/mol. The van der Waals surface area contributed by atoms with Crippen LogP contribution in [0.4, 0.5) is 10.8 Å². The number of aryl methyl sites for hydroxylation is 1. The number of carbonyl (C=O) groups is 1. The van der Waals surface area contributed by atoms with Crippen molar-refractivity contribution in [2.24, 2.45) is 0 Å². The van der Waals surface area contributed by atoms with Crippen molar-refractivity contribution >= 4 is 34.1 Å². The summed E-state index contributed by atoms with van der Waals surface area (Å²) in [5, 5.41) is 32.7. The summed E-state index contributed by atoms with van der Waals surface area (Å²) < 4.78 is 5.75. The summed E-state index contributed by atoms with van der Waals surface area (Å²) in [6.45, 7) is 1.81. The van der Waals surface area contributed by atoms with E-state index < -0.39 is 10.8 Å². The maximum atomic E-state index is 12.6. The molecule has 0 unspecified atom stereocenters. The van der Waals surface area contributed by atoms with Crippen LogP contribution in [-0.4, -0.2) is 21.0 Å². The molecule has 1 aliphatic rings.